The van der Waals surface area contributed by atoms with E-state index in [2.05, 4.69) is 5.10 Å². The van der Waals surface area contributed by atoms with Gasteiger partial charge in [-0.25, -0.2) is 4.98 Å². The molecule has 0 atom stereocenters. The number of nitrogens with zero attached hydrogens (tertiary/aromatic N) is 5. The maximum Gasteiger partial charge on any atom is 0.245 e. The lowest BCUT2D eigenvalue weighted by atomic mass is 10.1. The lowest BCUT2D eigenvalue weighted by Gasteiger charge is -2.25. The first kappa shape index (κ1) is 23.2. The molecule has 0 saturated heterocycles. The zero-order valence-corrected chi connectivity index (χ0v) is 20.1. The molecule has 34 heavy (non-hydrogen) atoms. The number of hydrogen-bond acceptors (Lipinski definition) is 7. The summed E-state index contributed by atoms with van der Waals surface area (Å²) >= 11 is 0. The number of hydrogen-bond donors (Lipinski definition) is 0. The number of methoxy groups -OCH3 is 2. The smallest absolute Gasteiger partial charge is 0.245 e. The van der Waals surface area contributed by atoms with E-state index in [1.54, 1.807) is 36.3 Å². The topological polar surface area (TPSA) is 85.9 Å². The fourth-order valence-corrected chi connectivity index (χ4v) is 3.91. The number of aryl methyl sites for hydroxylation is 1. The third kappa shape index (κ3) is 4.83. The van der Waals surface area contributed by atoms with Gasteiger partial charge in [0.05, 0.1) is 32.7 Å². The van der Waals surface area contributed by atoms with Crippen LogP contribution in [-0.4, -0.2) is 53.9 Å². The van der Waals surface area contributed by atoms with Gasteiger partial charge in [-0.05, 0) is 43.3 Å². The molecule has 0 N–H and O–H groups in total. The van der Waals surface area contributed by atoms with Gasteiger partial charge in [0.25, 0.3) is 0 Å². The zero-order valence-electron chi connectivity index (χ0n) is 20.1. The van der Waals surface area contributed by atoms with Crippen molar-refractivity contribution in [2.75, 3.05) is 33.2 Å². The van der Waals surface area contributed by atoms with Crippen LogP contribution in [0, 0.1) is 6.92 Å². The van der Waals surface area contributed by atoms with Gasteiger partial charge in [0.1, 0.15) is 35.1 Å². The average molecular weight is 464 g/mol. The van der Waals surface area contributed by atoms with Crippen LogP contribution in [-0.2, 0) is 24.4 Å². The molecule has 3 aromatic heterocycles. The summed E-state index contributed by atoms with van der Waals surface area (Å²) in [6.07, 6.45) is 3.41. The number of carbonyl (C=O) groups excluding carboxylic acids is 1. The number of ether oxygens (including phenoxy) is 2. The fraction of sp³-hybridized carbons (Fsp3) is 0.320. The molecule has 1 aromatic carbocycles. The van der Waals surface area contributed by atoms with Crippen molar-refractivity contribution in [3.8, 4) is 11.5 Å². The zero-order chi connectivity index (χ0) is 24.2. The van der Waals surface area contributed by atoms with E-state index in [0.29, 0.717) is 35.9 Å². The van der Waals surface area contributed by atoms with Gasteiger partial charge in [-0.1, -0.05) is 0 Å². The van der Waals surface area contributed by atoms with Crippen LogP contribution < -0.4 is 14.4 Å². The number of amides is 1. The maximum atomic E-state index is 13.4. The van der Waals surface area contributed by atoms with Gasteiger partial charge in [-0.2, -0.15) is 5.10 Å². The Kier molecular flexibility index (Phi) is 6.72. The second-order valence-corrected chi connectivity index (χ2v) is 8.22. The summed E-state index contributed by atoms with van der Waals surface area (Å²) in [5.41, 5.74) is 2.44. The average Bonchev–Trinajstić information content (AvgIpc) is 3.48. The second-order valence-electron chi connectivity index (χ2n) is 8.22. The molecule has 0 radical (unpaired) electrons. The van der Waals surface area contributed by atoms with Gasteiger partial charge in [0.2, 0.25) is 5.91 Å². The molecule has 4 rings (SSSR count). The Morgan fingerprint density at radius 1 is 1.09 bits per heavy atom. The third-order valence-corrected chi connectivity index (χ3v) is 5.54. The number of benzene rings is 1. The van der Waals surface area contributed by atoms with Crippen molar-refractivity contribution >= 4 is 22.6 Å². The molecule has 9 heteroatoms. The van der Waals surface area contributed by atoms with Crippen LogP contribution in [0.25, 0.3) is 10.9 Å². The van der Waals surface area contributed by atoms with Gasteiger partial charge < -0.3 is 23.7 Å². The van der Waals surface area contributed by atoms with E-state index in [1.165, 1.54) is 0 Å². The largest absolute Gasteiger partial charge is 0.496 e. The van der Waals surface area contributed by atoms with Crippen molar-refractivity contribution < 1.29 is 18.7 Å². The normalized spacial score (nSPS) is 11.0. The highest BCUT2D eigenvalue weighted by molar-refractivity contribution is 5.92. The molecule has 0 aliphatic heterocycles. The van der Waals surface area contributed by atoms with Gasteiger partial charge in [0, 0.05) is 37.8 Å². The Bertz CT molecular complexity index is 1280. The predicted octanol–water partition coefficient (Wildman–Crippen LogP) is 3.64. The molecule has 0 saturated carbocycles. The van der Waals surface area contributed by atoms with Crippen LogP contribution in [0.15, 0.2) is 53.3 Å². The molecule has 0 unspecified atom stereocenters. The van der Waals surface area contributed by atoms with Crippen molar-refractivity contribution in [2.45, 2.75) is 26.6 Å². The van der Waals surface area contributed by atoms with Gasteiger partial charge in [-0.3, -0.25) is 9.48 Å². The van der Waals surface area contributed by atoms with Crippen molar-refractivity contribution in [2.24, 2.45) is 0 Å². The molecule has 9 nitrogen and oxygen atoms in total. The molecule has 0 aliphatic carbocycles. The minimum absolute atomic E-state index is 0.0816. The quantitative estimate of drug-likeness (QED) is 0.375. The highest BCUT2D eigenvalue weighted by Gasteiger charge is 2.21. The fourth-order valence-electron chi connectivity index (χ4n) is 3.91. The number of pyridine rings is 1. The van der Waals surface area contributed by atoms with Crippen molar-refractivity contribution in [3.05, 3.63) is 65.9 Å². The van der Waals surface area contributed by atoms with Crippen LogP contribution in [0.1, 0.15) is 17.0 Å². The molecule has 0 bridgehead atoms. The lowest BCUT2D eigenvalue weighted by Crippen LogP contribution is -2.33. The summed E-state index contributed by atoms with van der Waals surface area (Å²) in [7, 11) is 7.09. The van der Waals surface area contributed by atoms with Crippen molar-refractivity contribution in [1.82, 2.24) is 19.7 Å². The van der Waals surface area contributed by atoms with Gasteiger partial charge in [-0.15, -0.1) is 0 Å². The minimum atomic E-state index is -0.0816. The van der Waals surface area contributed by atoms with E-state index in [4.69, 9.17) is 18.9 Å². The Morgan fingerprint density at radius 2 is 1.85 bits per heavy atom. The first-order valence-corrected chi connectivity index (χ1v) is 10.9. The van der Waals surface area contributed by atoms with E-state index < -0.39 is 0 Å². The highest BCUT2D eigenvalue weighted by Crippen LogP contribution is 2.35. The number of rotatable bonds is 9. The van der Waals surface area contributed by atoms with Crippen LogP contribution in [0.5, 0.6) is 11.5 Å². The predicted molar refractivity (Wildman–Crippen MR) is 129 cm³/mol. The Labute approximate surface area is 198 Å². The summed E-state index contributed by atoms with van der Waals surface area (Å²) in [6, 6.07) is 11.3. The first-order valence-electron chi connectivity index (χ1n) is 10.9. The van der Waals surface area contributed by atoms with Crippen LogP contribution >= 0.6 is 0 Å². The number of carbonyl (C=O) groups is 1. The molecular formula is C25H29N5O4. The van der Waals surface area contributed by atoms with Gasteiger partial charge in [0.15, 0.2) is 0 Å². The van der Waals surface area contributed by atoms with E-state index in [1.807, 2.05) is 62.3 Å². The van der Waals surface area contributed by atoms with E-state index >= 15 is 0 Å². The monoisotopic (exact) mass is 463 g/mol. The molecule has 178 valence electrons. The number of furan rings is 1. The summed E-state index contributed by atoms with van der Waals surface area (Å²) in [4.78, 5) is 21.9. The molecule has 3 heterocycles. The SMILES string of the molecule is COc1ccc(OC)c2nc(N(C)C)c(CN(Cc3ccco3)C(=O)Cn3ccc(C)n3)cc12. The summed E-state index contributed by atoms with van der Waals surface area (Å²) < 4.78 is 18.3. The van der Waals surface area contributed by atoms with E-state index in [9.17, 15) is 4.79 Å². The maximum absolute atomic E-state index is 13.4. The molecule has 0 spiro atoms. The molecule has 1 amide bonds. The van der Waals surface area contributed by atoms with Crippen LogP contribution in [0.3, 0.4) is 0 Å². The van der Waals surface area contributed by atoms with Crippen molar-refractivity contribution in [1.29, 1.82) is 0 Å². The summed E-state index contributed by atoms with van der Waals surface area (Å²) in [5, 5.41) is 5.18. The van der Waals surface area contributed by atoms with Gasteiger partial charge >= 0.3 is 0 Å². The first-order chi connectivity index (χ1) is 16.4. The molecular weight excluding hydrogens is 434 g/mol. The minimum Gasteiger partial charge on any atom is -0.496 e. The Hall–Kier alpha value is -4.01. The molecule has 0 fully saturated rings. The highest BCUT2D eigenvalue weighted by atomic mass is 16.5. The molecule has 4 aromatic rings. The lowest BCUT2D eigenvalue weighted by molar-refractivity contribution is -0.133. The van der Waals surface area contributed by atoms with Crippen LogP contribution in [0.4, 0.5) is 5.82 Å². The number of fused-ring (bicyclic) bond motifs is 1. The summed E-state index contributed by atoms with van der Waals surface area (Å²) in [6.45, 7) is 2.68. The standard InChI is InChI=1S/C25H29N5O4/c1-17-10-11-30(27-17)16-23(31)29(15-19-7-6-12-34-19)14-18-13-20-21(32-4)8-9-22(33-5)24(20)26-25(18)28(2)3/h6-13H,14-16H2,1-5H3. The van der Waals surface area contributed by atoms with E-state index in [-0.39, 0.29) is 12.5 Å². The van der Waals surface area contributed by atoms with E-state index in [0.717, 1.165) is 22.5 Å². The Balaban J connectivity index is 1.75. The van der Waals surface area contributed by atoms with Crippen LogP contribution in [0.2, 0.25) is 0 Å². The Morgan fingerprint density at radius 3 is 2.47 bits per heavy atom. The summed E-state index contributed by atoms with van der Waals surface area (Å²) in [5.74, 6) is 2.70. The van der Waals surface area contributed by atoms with Crippen molar-refractivity contribution in [3.63, 3.8) is 0 Å². The second kappa shape index (κ2) is 9.86. The number of anilines is 1. The molecule has 0 aliphatic rings. The third-order valence-electron chi connectivity index (χ3n) is 5.54. The number of aromatic nitrogens is 3.